The summed E-state index contributed by atoms with van der Waals surface area (Å²) in [5.41, 5.74) is 1.22. The second-order valence-electron chi connectivity index (χ2n) is 7.93. The molecule has 1 N–H and O–H groups in total. The Morgan fingerprint density at radius 3 is 2.39 bits per heavy atom. The van der Waals surface area contributed by atoms with Crippen LogP contribution in [-0.4, -0.2) is 26.2 Å². The number of benzene rings is 1. The molecule has 4 heteroatoms. The molecule has 1 aromatic rings. The van der Waals surface area contributed by atoms with Crippen LogP contribution in [0.5, 0.6) is 0 Å². The highest BCUT2D eigenvalue weighted by atomic mass is 28.4. The Morgan fingerprint density at radius 1 is 1.30 bits per heavy atom. The Hall–Kier alpha value is -1.39. The van der Waals surface area contributed by atoms with Gasteiger partial charge in [-0.2, -0.15) is 0 Å². The molecule has 1 rings (SSSR count). The Labute approximate surface area is 142 Å². The van der Waals surface area contributed by atoms with Gasteiger partial charge in [0.2, 0.25) is 0 Å². The van der Waals surface area contributed by atoms with E-state index in [4.69, 9.17) is 4.43 Å². The van der Waals surface area contributed by atoms with Crippen molar-refractivity contribution in [1.29, 1.82) is 0 Å². The summed E-state index contributed by atoms with van der Waals surface area (Å²) in [5.74, 6) is 0.0616. The van der Waals surface area contributed by atoms with E-state index in [2.05, 4.69) is 52.7 Å². The number of ketones is 1. The third-order valence-corrected chi connectivity index (χ3v) is 9.17. The third kappa shape index (κ3) is 5.32. The molecule has 128 valence electrons. The number of hydrogen-bond acceptors (Lipinski definition) is 3. The number of rotatable bonds is 7. The molecule has 0 bridgehead atoms. The molecule has 0 aliphatic heterocycles. The highest BCUT2D eigenvalue weighted by Gasteiger charge is 2.38. The molecule has 3 nitrogen and oxygen atoms in total. The Balaban J connectivity index is 2.88. The van der Waals surface area contributed by atoms with Gasteiger partial charge in [-0.3, -0.25) is 4.79 Å². The summed E-state index contributed by atoms with van der Waals surface area (Å²) in [5, 5.41) is 3.62. The van der Waals surface area contributed by atoms with Crippen LogP contribution in [0, 0.1) is 0 Å². The van der Waals surface area contributed by atoms with Crippen molar-refractivity contribution in [2.24, 2.45) is 0 Å². The first-order chi connectivity index (χ1) is 10.4. The predicted molar refractivity (Wildman–Crippen MR) is 102 cm³/mol. The summed E-state index contributed by atoms with van der Waals surface area (Å²) in [6.07, 6.45) is 1.88. The van der Waals surface area contributed by atoms with Crippen LogP contribution >= 0.6 is 0 Å². The largest absolute Gasteiger partial charge is 0.414 e. The van der Waals surface area contributed by atoms with Crippen molar-refractivity contribution in [3.63, 3.8) is 0 Å². The Morgan fingerprint density at radius 2 is 1.91 bits per heavy atom. The van der Waals surface area contributed by atoms with E-state index in [-0.39, 0.29) is 16.4 Å². The first-order valence-corrected chi connectivity index (χ1v) is 11.0. The molecule has 0 amide bonds. The normalized spacial score (nSPS) is 14.9. The van der Waals surface area contributed by atoms with E-state index in [1.807, 2.05) is 30.3 Å². The zero-order valence-corrected chi connectivity index (χ0v) is 16.6. The molecule has 0 heterocycles. The van der Waals surface area contributed by atoms with Gasteiger partial charge < -0.3 is 9.74 Å². The van der Waals surface area contributed by atoms with Crippen molar-refractivity contribution in [3.8, 4) is 0 Å². The molecule has 0 saturated heterocycles. The zero-order chi connectivity index (χ0) is 17.9. The lowest BCUT2D eigenvalue weighted by Gasteiger charge is -2.39. The van der Waals surface area contributed by atoms with Gasteiger partial charge >= 0.3 is 0 Å². The van der Waals surface area contributed by atoms with E-state index in [0.717, 1.165) is 5.69 Å². The topological polar surface area (TPSA) is 38.3 Å². The van der Waals surface area contributed by atoms with E-state index in [9.17, 15) is 4.79 Å². The van der Waals surface area contributed by atoms with Crippen molar-refractivity contribution in [2.45, 2.75) is 58.3 Å². The van der Waals surface area contributed by atoms with Crippen LogP contribution in [0.2, 0.25) is 18.1 Å². The number of carbonyl (C=O) groups excluding carboxylic acids is 1. The van der Waals surface area contributed by atoms with E-state index in [0.29, 0.717) is 12.2 Å². The first-order valence-electron chi connectivity index (χ1n) is 8.07. The minimum absolute atomic E-state index is 0.0616. The van der Waals surface area contributed by atoms with Crippen molar-refractivity contribution in [3.05, 3.63) is 42.5 Å². The van der Waals surface area contributed by atoms with E-state index in [1.54, 1.807) is 6.92 Å². The molecular weight excluding hydrogens is 302 g/mol. The van der Waals surface area contributed by atoms with E-state index < -0.39 is 8.32 Å². The summed E-state index contributed by atoms with van der Waals surface area (Å²) in [7, 11) is -1.82. The molecule has 0 aliphatic rings. The minimum atomic E-state index is -1.82. The van der Waals surface area contributed by atoms with Gasteiger partial charge in [0.25, 0.3) is 0 Å². The van der Waals surface area contributed by atoms with Gasteiger partial charge in [0, 0.05) is 11.3 Å². The van der Waals surface area contributed by atoms with Crippen LogP contribution in [0.3, 0.4) is 0 Å². The molecule has 0 aliphatic carbocycles. The molecule has 0 saturated carbocycles. The Kier molecular flexibility index (Phi) is 5.99. The van der Waals surface area contributed by atoms with Gasteiger partial charge in [0.05, 0.1) is 12.1 Å². The van der Waals surface area contributed by atoms with Gasteiger partial charge in [0.15, 0.2) is 14.1 Å². The van der Waals surface area contributed by atoms with Gasteiger partial charge in [0.1, 0.15) is 0 Å². The van der Waals surface area contributed by atoms with Crippen LogP contribution in [0.4, 0.5) is 5.69 Å². The van der Waals surface area contributed by atoms with Crippen molar-refractivity contribution in [2.75, 3.05) is 11.9 Å². The van der Waals surface area contributed by atoms with Crippen LogP contribution in [0.25, 0.3) is 0 Å². The molecule has 0 aromatic heterocycles. The van der Waals surface area contributed by atoms with Crippen molar-refractivity contribution >= 4 is 19.8 Å². The summed E-state index contributed by atoms with van der Waals surface area (Å²) in [6, 6.07) is 7.54. The number of carbonyl (C=O) groups is 1. The SMILES string of the molecule is C=CC(C)(CO[Si](C)(C)C(C)(C)C)Nc1cccc(C(C)=O)c1. The van der Waals surface area contributed by atoms with Crippen molar-refractivity contribution < 1.29 is 9.22 Å². The summed E-state index contributed by atoms with van der Waals surface area (Å²) >= 11 is 0. The average Bonchev–Trinajstić information content (AvgIpc) is 2.44. The van der Waals surface area contributed by atoms with E-state index in [1.165, 1.54) is 0 Å². The number of Topliss-reactive ketones (excluding diaryl/α,β-unsaturated/α-hetero) is 1. The highest BCUT2D eigenvalue weighted by molar-refractivity contribution is 6.74. The molecule has 1 unspecified atom stereocenters. The van der Waals surface area contributed by atoms with Crippen LogP contribution < -0.4 is 5.32 Å². The zero-order valence-electron chi connectivity index (χ0n) is 15.6. The average molecular weight is 334 g/mol. The van der Waals surface area contributed by atoms with Gasteiger partial charge in [-0.15, -0.1) is 6.58 Å². The molecular formula is C19H31NO2Si. The lowest BCUT2D eigenvalue weighted by molar-refractivity contribution is 0.101. The molecule has 0 fully saturated rings. The fourth-order valence-corrected chi connectivity index (χ4v) is 2.93. The Bertz CT molecular complexity index is 575. The fraction of sp³-hybridized carbons (Fsp3) is 0.526. The van der Waals surface area contributed by atoms with Gasteiger partial charge in [-0.05, 0) is 44.1 Å². The smallest absolute Gasteiger partial charge is 0.192 e. The standard InChI is InChI=1S/C19H31NO2Si/c1-9-19(6,14-22-23(7,8)18(3,4)5)20-17-12-10-11-16(13-17)15(2)21/h9-13,20H,1,14H2,2-8H3. The fourth-order valence-electron chi connectivity index (χ4n) is 1.84. The first kappa shape index (κ1) is 19.7. The third-order valence-electron chi connectivity index (χ3n) is 4.69. The lowest BCUT2D eigenvalue weighted by Crippen LogP contribution is -2.47. The lowest BCUT2D eigenvalue weighted by atomic mass is 10.0. The van der Waals surface area contributed by atoms with Gasteiger partial charge in [-0.25, -0.2) is 0 Å². The maximum Gasteiger partial charge on any atom is 0.192 e. The number of anilines is 1. The minimum Gasteiger partial charge on any atom is -0.414 e. The summed E-state index contributed by atoms with van der Waals surface area (Å²) in [4.78, 5) is 11.5. The molecule has 0 radical (unpaired) electrons. The predicted octanol–water partition coefficient (Wildman–Crippen LogP) is 5.27. The van der Waals surface area contributed by atoms with Crippen molar-refractivity contribution in [1.82, 2.24) is 0 Å². The second kappa shape index (κ2) is 7.01. The van der Waals surface area contributed by atoms with E-state index >= 15 is 0 Å². The summed E-state index contributed by atoms with van der Waals surface area (Å²) in [6.45, 7) is 19.3. The van der Waals surface area contributed by atoms with Gasteiger partial charge in [-0.1, -0.05) is 39.0 Å². The van der Waals surface area contributed by atoms with Crippen LogP contribution in [0.1, 0.15) is 45.0 Å². The molecule has 0 spiro atoms. The van der Waals surface area contributed by atoms with Crippen LogP contribution in [0.15, 0.2) is 36.9 Å². The molecule has 1 aromatic carbocycles. The maximum atomic E-state index is 11.5. The number of hydrogen-bond donors (Lipinski definition) is 1. The molecule has 1 atom stereocenters. The summed E-state index contributed by atoms with van der Waals surface area (Å²) < 4.78 is 6.34. The number of nitrogens with one attached hydrogen (secondary N) is 1. The maximum absolute atomic E-state index is 11.5. The van der Waals surface area contributed by atoms with Crippen LogP contribution in [-0.2, 0) is 4.43 Å². The quantitative estimate of drug-likeness (QED) is 0.420. The highest BCUT2D eigenvalue weighted by Crippen LogP contribution is 2.37. The monoisotopic (exact) mass is 333 g/mol. The molecule has 23 heavy (non-hydrogen) atoms. The second-order valence-corrected chi connectivity index (χ2v) is 12.7.